The van der Waals surface area contributed by atoms with Crippen LogP contribution in [-0.4, -0.2) is 17.3 Å². The van der Waals surface area contributed by atoms with E-state index in [2.05, 4.69) is 15.9 Å². The maximum absolute atomic E-state index is 10.5. The number of rotatable bonds is 4. The first kappa shape index (κ1) is 14.8. The molecule has 1 aromatic carbocycles. The van der Waals surface area contributed by atoms with Crippen molar-refractivity contribution in [3.05, 3.63) is 28.2 Å². The largest absolute Gasteiger partial charge is 0.490 e. The molecular formula is C15H22BrNO2. The van der Waals surface area contributed by atoms with E-state index in [0.29, 0.717) is 6.61 Å². The van der Waals surface area contributed by atoms with Crippen LogP contribution in [0.4, 0.5) is 0 Å². The summed E-state index contributed by atoms with van der Waals surface area (Å²) in [5.41, 5.74) is 6.26. The van der Waals surface area contributed by atoms with Crippen LogP contribution in [0.2, 0.25) is 0 Å². The zero-order valence-electron chi connectivity index (χ0n) is 11.4. The number of hydrogen-bond donors (Lipinski definition) is 2. The van der Waals surface area contributed by atoms with Crippen molar-refractivity contribution in [3.63, 3.8) is 0 Å². The Bertz CT molecular complexity index is 428. The molecule has 0 saturated heterocycles. The molecule has 0 aliphatic heterocycles. The fourth-order valence-electron chi connectivity index (χ4n) is 2.57. The molecule has 1 atom stereocenters. The van der Waals surface area contributed by atoms with Crippen LogP contribution in [0.1, 0.15) is 50.6 Å². The first-order valence-electron chi connectivity index (χ1n) is 6.90. The average molecular weight is 328 g/mol. The van der Waals surface area contributed by atoms with E-state index in [-0.39, 0.29) is 6.04 Å². The summed E-state index contributed by atoms with van der Waals surface area (Å²) in [6.45, 7) is 2.29. The van der Waals surface area contributed by atoms with E-state index in [4.69, 9.17) is 10.5 Å². The lowest BCUT2D eigenvalue weighted by atomic mass is 9.85. The summed E-state index contributed by atoms with van der Waals surface area (Å²) < 4.78 is 6.83. The molecule has 4 heteroatoms. The standard InChI is InChI=1S/C15H22BrNO2/c1-11(17)13-9-12(16)5-6-14(13)19-10-15(18)7-3-2-4-8-15/h5-6,9,11,18H,2-4,7-8,10,17H2,1H3. The van der Waals surface area contributed by atoms with Gasteiger partial charge in [0, 0.05) is 16.1 Å². The lowest BCUT2D eigenvalue weighted by Gasteiger charge is -2.32. The van der Waals surface area contributed by atoms with Crippen molar-refractivity contribution in [3.8, 4) is 5.75 Å². The molecule has 0 heterocycles. The Morgan fingerprint density at radius 2 is 2.05 bits per heavy atom. The monoisotopic (exact) mass is 327 g/mol. The molecular weight excluding hydrogens is 306 g/mol. The predicted molar refractivity (Wildman–Crippen MR) is 80.3 cm³/mol. The van der Waals surface area contributed by atoms with Gasteiger partial charge >= 0.3 is 0 Å². The highest BCUT2D eigenvalue weighted by Crippen LogP contribution is 2.31. The Balaban J connectivity index is 2.06. The first-order chi connectivity index (χ1) is 9.00. The van der Waals surface area contributed by atoms with Gasteiger partial charge in [-0.2, -0.15) is 0 Å². The molecule has 0 radical (unpaired) electrons. The van der Waals surface area contributed by atoms with Gasteiger partial charge in [0.15, 0.2) is 0 Å². The lowest BCUT2D eigenvalue weighted by Crippen LogP contribution is -2.38. The van der Waals surface area contributed by atoms with Gasteiger partial charge in [0.2, 0.25) is 0 Å². The van der Waals surface area contributed by atoms with Crippen molar-refractivity contribution < 1.29 is 9.84 Å². The zero-order chi connectivity index (χ0) is 13.9. The predicted octanol–water partition coefficient (Wildman–Crippen LogP) is 3.54. The van der Waals surface area contributed by atoms with Gasteiger partial charge in [-0.05, 0) is 38.0 Å². The van der Waals surface area contributed by atoms with Gasteiger partial charge in [0.05, 0.1) is 5.60 Å². The fourth-order valence-corrected chi connectivity index (χ4v) is 2.95. The van der Waals surface area contributed by atoms with Gasteiger partial charge in [0.1, 0.15) is 12.4 Å². The number of ether oxygens (including phenoxy) is 1. The number of nitrogens with two attached hydrogens (primary N) is 1. The van der Waals surface area contributed by atoms with E-state index in [1.807, 2.05) is 25.1 Å². The zero-order valence-corrected chi connectivity index (χ0v) is 12.9. The van der Waals surface area contributed by atoms with Crippen LogP contribution in [0.5, 0.6) is 5.75 Å². The summed E-state index contributed by atoms with van der Waals surface area (Å²) >= 11 is 3.44. The molecule has 2 rings (SSSR count). The Kier molecular flexibility index (Phi) is 4.87. The third kappa shape index (κ3) is 3.94. The van der Waals surface area contributed by atoms with Crippen LogP contribution in [0.3, 0.4) is 0 Å². The summed E-state index contributed by atoms with van der Waals surface area (Å²) in [5, 5.41) is 10.5. The van der Waals surface area contributed by atoms with E-state index in [1.165, 1.54) is 6.42 Å². The van der Waals surface area contributed by atoms with Crippen LogP contribution in [0.15, 0.2) is 22.7 Å². The minimum atomic E-state index is -0.666. The van der Waals surface area contributed by atoms with Crippen LogP contribution < -0.4 is 10.5 Å². The molecule has 0 aromatic heterocycles. The molecule has 0 spiro atoms. The van der Waals surface area contributed by atoms with Gasteiger partial charge in [-0.3, -0.25) is 0 Å². The Morgan fingerprint density at radius 3 is 2.68 bits per heavy atom. The second kappa shape index (κ2) is 6.25. The molecule has 1 aliphatic rings. The van der Waals surface area contributed by atoms with Gasteiger partial charge in [0.25, 0.3) is 0 Å². The third-order valence-electron chi connectivity index (χ3n) is 3.74. The maximum atomic E-state index is 10.5. The van der Waals surface area contributed by atoms with E-state index in [1.54, 1.807) is 0 Å². The van der Waals surface area contributed by atoms with Crippen LogP contribution in [0, 0.1) is 0 Å². The second-order valence-electron chi connectivity index (χ2n) is 5.54. The van der Waals surface area contributed by atoms with Gasteiger partial charge in [-0.1, -0.05) is 35.2 Å². The molecule has 3 nitrogen and oxygen atoms in total. The van der Waals surface area contributed by atoms with Crippen molar-refractivity contribution in [2.75, 3.05) is 6.61 Å². The molecule has 1 unspecified atom stereocenters. The molecule has 0 bridgehead atoms. The Labute approximate surface area is 123 Å². The third-order valence-corrected chi connectivity index (χ3v) is 4.24. The topological polar surface area (TPSA) is 55.5 Å². The van der Waals surface area contributed by atoms with E-state index in [0.717, 1.165) is 41.5 Å². The van der Waals surface area contributed by atoms with Gasteiger partial charge < -0.3 is 15.6 Å². The lowest BCUT2D eigenvalue weighted by molar-refractivity contribution is -0.0341. The normalized spacial score (nSPS) is 20.0. The van der Waals surface area contributed by atoms with E-state index in [9.17, 15) is 5.11 Å². The number of halogens is 1. The molecule has 0 amide bonds. The van der Waals surface area contributed by atoms with Crippen molar-refractivity contribution in [2.45, 2.75) is 50.7 Å². The number of benzene rings is 1. The smallest absolute Gasteiger partial charge is 0.124 e. The molecule has 19 heavy (non-hydrogen) atoms. The summed E-state index contributed by atoms with van der Waals surface area (Å²) in [4.78, 5) is 0. The quantitative estimate of drug-likeness (QED) is 0.889. The van der Waals surface area contributed by atoms with Crippen LogP contribution in [-0.2, 0) is 0 Å². The fraction of sp³-hybridized carbons (Fsp3) is 0.600. The van der Waals surface area contributed by atoms with Crippen molar-refractivity contribution in [1.82, 2.24) is 0 Å². The summed E-state index contributed by atoms with van der Waals surface area (Å²) in [6, 6.07) is 5.74. The maximum Gasteiger partial charge on any atom is 0.124 e. The molecule has 1 fully saturated rings. The molecule has 1 saturated carbocycles. The number of aliphatic hydroxyl groups is 1. The van der Waals surface area contributed by atoms with Crippen molar-refractivity contribution >= 4 is 15.9 Å². The second-order valence-corrected chi connectivity index (χ2v) is 6.46. The highest BCUT2D eigenvalue weighted by molar-refractivity contribution is 9.10. The van der Waals surface area contributed by atoms with Crippen molar-refractivity contribution in [2.24, 2.45) is 5.73 Å². The Morgan fingerprint density at radius 1 is 1.37 bits per heavy atom. The summed E-state index contributed by atoms with van der Waals surface area (Å²) in [6.07, 6.45) is 5.04. The Hall–Kier alpha value is -0.580. The summed E-state index contributed by atoms with van der Waals surface area (Å²) in [7, 11) is 0. The molecule has 106 valence electrons. The average Bonchev–Trinajstić information content (AvgIpc) is 2.38. The molecule has 3 N–H and O–H groups in total. The van der Waals surface area contributed by atoms with Crippen molar-refractivity contribution in [1.29, 1.82) is 0 Å². The first-order valence-corrected chi connectivity index (χ1v) is 7.70. The SMILES string of the molecule is CC(N)c1cc(Br)ccc1OCC1(O)CCCCC1. The highest BCUT2D eigenvalue weighted by Gasteiger charge is 2.30. The van der Waals surface area contributed by atoms with E-state index >= 15 is 0 Å². The minimum absolute atomic E-state index is 0.0894. The van der Waals surface area contributed by atoms with Crippen LogP contribution in [0.25, 0.3) is 0 Å². The van der Waals surface area contributed by atoms with Gasteiger partial charge in [-0.15, -0.1) is 0 Å². The molecule has 1 aromatic rings. The van der Waals surface area contributed by atoms with Crippen LogP contribution >= 0.6 is 15.9 Å². The number of hydrogen-bond acceptors (Lipinski definition) is 3. The summed E-state index contributed by atoms with van der Waals surface area (Å²) in [5.74, 6) is 0.775. The minimum Gasteiger partial charge on any atom is -0.490 e. The van der Waals surface area contributed by atoms with Gasteiger partial charge in [-0.25, -0.2) is 0 Å². The highest BCUT2D eigenvalue weighted by atomic mass is 79.9. The molecule has 1 aliphatic carbocycles. The van der Waals surface area contributed by atoms with E-state index < -0.39 is 5.60 Å².